The second kappa shape index (κ2) is 6.23. The molecule has 2 aliphatic rings. The van der Waals surface area contributed by atoms with Crippen molar-refractivity contribution < 1.29 is 4.79 Å². The first kappa shape index (κ1) is 14.8. The maximum absolute atomic E-state index is 12.4. The summed E-state index contributed by atoms with van der Waals surface area (Å²) < 4.78 is 0. The third-order valence-electron chi connectivity index (χ3n) is 4.82. The van der Waals surface area contributed by atoms with Gasteiger partial charge in [0.15, 0.2) is 0 Å². The predicted molar refractivity (Wildman–Crippen MR) is 78.0 cm³/mol. The lowest BCUT2D eigenvalue weighted by Crippen LogP contribution is -2.60. The second-order valence-corrected chi connectivity index (χ2v) is 6.79. The minimum atomic E-state index is -0.383. The van der Waals surface area contributed by atoms with Gasteiger partial charge >= 0.3 is 0 Å². The molecule has 0 aromatic heterocycles. The van der Waals surface area contributed by atoms with Gasteiger partial charge in [0.1, 0.15) is 0 Å². The van der Waals surface area contributed by atoms with E-state index in [0.29, 0.717) is 5.92 Å². The summed E-state index contributed by atoms with van der Waals surface area (Å²) in [5.74, 6) is 1.72. The van der Waals surface area contributed by atoms with Gasteiger partial charge in [-0.2, -0.15) is 0 Å². The maximum Gasteiger partial charge on any atom is 0.239 e. The fraction of sp³-hybridized carbons (Fsp3) is 0.933. The van der Waals surface area contributed by atoms with Crippen LogP contribution in [0, 0.1) is 11.8 Å². The molecule has 1 amide bonds. The molecule has 0 bridgehead atoms. The predicted octanol–water partition coefficient (Wildman–Crippen LogP) is 1.22. The fourth-order valence-electron chi connectivity index (χ4n) is 3.33. The normalized spacial score (nSPS) is 29.4. The molecule has 4 heteroatoms. The lowest BCUT2D eigenvalue weighted by molar-refractivity contribution is -0.132. The molecule has 2 atom stereocenters. The van der Waals surface area contributed by atoms with E-state index in [1.165, 1.54) is 19.3 Å². The quantitative estimate of drug-likeness (QED) is 0.805. The molecule has 1 aliphatic carbocycles. The van der Waals surface area contributed by atoms with Gasteiger partial charge in [-0.05, 0) is 38.5 Å². The minimum Gasteiger partial charge on any atom is -0.354 e. The molecule has 0 aromatic rings. The minimum absolute atomic E-state index is 0.189. The summed E-state index contributed by atoms with van der Waals surface area (Å²) in [5, 5.41) is 6.52. The largest absolute Gasteiger partial charge is 0.354 e. The molecule has 19 heavy (non-hydrogen) atoms. The Hall–Kier alpha value is -0.610. The molecule has 110 valence electrons. The average molecular weight is 267 g/mol. The summed E-state index contributed by atoms with van der Waals surface area (Å²) in [5.41, 5.74) is -0.383. The third-order valence-corrected chi connectivity index (χ3v) is 4.82. The standard InChI is InChI=1S/C15H29N3O/c1-12-4-5-13(10-12)11-17-14(19)15(2,3)18-8-6-16-7-9-18/h12-13,16H,4-11H2,1-3H3,(H,17,19). The van der Waals surface area contributed by atoms with Crippen LogP contribution in [0.1, 0.15) is 40.0 Å². The van der Waals surface area contributed by atoms with Crippen molar-refractivity contribution in [3.8, 4) is 0 Å². The highest BCUT2D eigenvalue weighted by Gasteiger charge is 2.35. The van der Waals surface area contributed by atoms with Gasteiger partial charge in [-0.3, -0.25) is 9.69 Å². The molecule has 4 nitrogen and oxygen atoms in total. The molecule has 0 aromatic carbocycles. The van der Waals surface area contributed by atoms with E-state index in [4.69, 9.17) is 0 Å². The fourth-order valence-corrected chi connectivity index (χ4v) is 3.33. The summed E-state index contributed by atoms with van der Waals surface area (Å²) in [6, 6.07) is 0. The second-order valence-electron chi connectivity index (χ2n) is 6.79. The van der Waals surface area contributed by atoms with E-state index in [0.717, 1.165) is 38.6 Å². The molecular formula is C15H29N3O. The van der Waals surface area contributed by atoms with E-state index >= 15 is 0 Å². The van der Waals surface area contributed by atoms with Gasteiger partial charge in [0.25, 0.3) is 0 Å². The Morgan fingerprint density at radius 3 is 2.58 bits per heavy atom. The molecule has 1 saturated heterocycles. The molecule has 2 unspecified atom stereocenters. The first-order valence-electron chi connectivity index (χ1n) is 7.74. The number of rotatable bonds is 4. The molecule has 1 heterocycles. The van der Waals surface area contributed by atoms with Crippen LogP contribution in [0.5, 0.6) is 0 Å². The number of carbonyl (C=O) groups is 1. The number of hydrogen-bond acceptors (Lipinski definition) is 3. The van der Waals surface area contributed by atoms with Crippen molar-refractivity contribution in [3.05, 3.63) is 0 Å². The van der Waals surface area contributed by atoms with Crippen LogP contribution < -0.4 is 10.6 Å². The molecular weight excluding hydrogens is 238 g/mol. The highest BCUT2D eigenvalue weighted by Crippen LogP contribution is 2.29. The van der Waals surface area contributed by atoms with E-state index < -0.39 is 0 Å². The van der Waals surface area contributed by atoms with Gasteiger partial charge in [-0.15, -0.1) is 0 Å². The molecule has 1 aliphatic heterocycles. The third kappa shape index (κ3) is 3.69. The molecule has 2 fully saturated rings. The van der Waals surface area contributed by atoms with Gasteiger partial charge < -0.3 is 10.6 Å². The first-order valence-corrected chi connectivity index (χ1v) is 7.74. The number of amides is 1. The van der Waals surface area contributed by atoms with E-state index in [9.17, 15) is 4.79 Å². The van der Waals surface area contributed by atoms with Crippen LogP contribution in [0.2, 0.25) is 0 Å². The van der Waals surface area contributed by atoms with Gasteiger partial charge in [-0.1, -0.05) is 13.3 Å². The zero-order valence-corrected chi connectivity index (χ0v) is 12.7. The zero-order valence-electron chi connectivity index (χ0n) is 12.7. The monoisotopic (exact) mass is 267 g/mol. The number of carbonyl (C=O) groups excluding carboxylic acids is 1. The van der Waals surface area contributed by atoms with Crippen LogP contribution in [0.15, 0.2) is 0 Å². The summed E-state index contributed by atoms with van der Waals surface area (Å²) in [7, 11) is 0. The molecule has 1 saturated carbocycles. The van der Waals surface area contributed by atoms with Crippen molar-refractivity contribution >= 4 is 5.91 Å². The van der Waals surface area contributed by atoms with Gasteiger partial charge in [0.05, 0.1) is 5.54 Å². The van der Waals surface area contributed by atoms with Crippen LogP contribution >= 0.6 is 0 Å². The Labute approximate surface area is 117 Å². The number of nitrogens with one attached hydrogen (secondary N) is 2. The Morgan fingerprint density at radius 1 is 1.32 bits per heavy atom. The average Bonchev–Trinajstić information content (AvgIpc) is 2.82. The Kier molecular flexibility index (Phi) is 4.85. The lowest BCUT2D eigenvalue weighted by atomic mass is 9.99. The Balaban J connectivity index is 1.80. The molecule has 0 spiro atoms. The SMILES string of the molecule is CC1CCC(CNC(=O)C(C)(C)N2CCNCC2)C1. The van der Waals surface area contributed by atoms with E-state index in [-0.39, 0.29) is 11.4 Å². The van der Waals surface area contributed by atoms with Crippen LogP contribution in [0.3, 0.4) is 0 Å². The van der Waals surface area contributed by atoms with Gasteiger partial charge in [0.2, 0.25) is 5.91 Å². The van der Waals surface area contributed by atoms with E-state index in [1.54, 1.807) is 0 Å². The van der Waals surface area contributed by atoms with Crippen molar-refractivity contribution in [3.63, 3.8) is 0 Å². The highest BCUT2D eigenvalue weighted by molar-refractivity contribution is 5.85. The summed E-state index contributed by atoms with van der Waals surface area (Å²) in [4.78, 5) is 14.7. The van der Waals surface area contributed by atoms with Crippen LogP contribution in [0.25, 0.3) is 0 Å². The molecule has 0 radical (unpaired) electrons. The summed E-state index contributed by atoms with van der Waals surface area (Å²) >= 11 is 0. The zero-order chi connectivity index (χ0) is 13.9. The van der Waals surface area contributed by atoms with Gasteiger partial charge in [0, 0.05) is 32.7 Å². The topological polar surface area (TPSA) is 44.4 Å². The highest BCUT2D eigenvalue weighted by atomic mass is 16.2. The molecule has 2 N–H and O–H groups in total. The Morgan fingerprint density at radius 2 is 2.00 bits per heavy atom. The number of hydrogen-bond donors (Lipinski definition) is 2. The van der Waals surface area contributed by atoms with Crippen molar-refractivity contribution in [1.29, 1.82) is 0 Å². The van der Waals surface area contributed by atoms with Crippen LogP contribution in [0.4, 0.5) is 0 Å². The van der Waals surface area contributed by atoms with E-state index in [2.05, 4.69) is 22.5 Å². The van der Waals surface area contributed by atoms with Crippen LogP contribution in [-0.4, -0.2) is 49.1 Å². The summed E-state index contributed by atoms with van der Waals surface area (Å²) in [6.45, 7) is 11.1. The smallest absolute Gasteiger partial charge is 0.239 e. The first-order chi connectivity index (χ1) is 9.00. The maximum atomic E-state index is 12.4. The summed E-state index contributed by atoms with van der Waals surface area (Å²) in [6.07, 6.45) is 3.87. The lowest BCUT2D eigenvalue weighted by Gasteiger charge is -2.40. The van der Waals surface area contributed by atoms with Crippen molar-refractivity contribution in [1.82, 2.24) is 15.5 Å². The van der Waals surface area contributed by atoms with Crippen LogP contribution in [-0.2, 0) is 4.79 Å². The van der Waals surface area contributed by atoms with Crippen molar-refractivity contribution in [2.45, 2.75) is 45.6 Å². The number of piperazine rings is 1. The van der Waals surface area contributed by atoms with Crippen molar-refractivity contribution in [2.24, 2.45) is 11.8 Å². The molecule has 2 rings (SSSR count). The Bertz CT molecular complexity index is 311. The van der Waals surface area contributed by atoms with Gasteiger partial charge in [-0.25, -0.2) is 0 Å². The number of nitrogens with zero attached hydrogens (tertiary/aromatic N) is 1. The van der Waals surface area contributed by atoms with E-state index in [1.807, 2.05) is 13.8 Å². The van der Waals surface area contributed by atoms with Crippen molar-refractivity contribution in [2.75, 3.05) is 32.7 Å².